The predicted molar refractivity (Wildman–Crippen MR) is 66.8 cm³/mol. The van der Waals surface area contributed by atoms with Gasteiger partial charge in [-0.3, -0.25) is 10.1 Å². The van der Waals surface area contributed by atoms with Crippen LogP contribution in [0.4, 0.5) is 10.3 Å². The Bertz CT molecular complexity index is 842. The molecule has 0 unspecified atom stereocenters. The molecule has 0 saturated heterocycles. The molecule has 0 fully saturated rings. The summed E-state index contributed by atoms with van der Waals surface area (Å²) in [6.45, 7) is 0. The number of H-pyrrole nitrogens is 1. The van der Waals surface area contributed by atoms with Crippen molar-refractivity contribution in [3.63, 3.8) is 0 Å². The van der Waals surface area contributed by atoms with E-state index in [1.807, 2.05) is 0 Å². The number of fused-ring (bicyclic) bond motifs is 1. The molecule has 2 heterocycles. The molecule has 0 bridgehead atoms. The first-order valence-corrected chi connectivity index (χ1v) is 5.53. The number of rotatable bonds is 2. The number of halogens is 1. The van der Waals surface area contributed by atoms with E-state index in [0.29, 0.717) is 5.39 Å². The standard InChI is InChI=1S/C12H7FN4O3/c13-7-2-1-6-3-9(20-11(19)8(6)4-7)10(18)16-12-14-5-15-17-12/h1-5H,(H2,14,15,16,17,18). The van der Waals surface area contributed by atoms with E-state index in [2.05, 4.69) is 20.5 Å². The molecule has 20 heavy (non-hydrogen) atoms. The lowest BCUT2D eigenvalue weighted by Gasteiger charge is -2.02. The van der Waals surface area contributed by atoms with Gasteiger partial charge in [0.2, 0.25) is 5.95 Å². The molecule has 2 N–H and O–H groups in total. The third-order valence-corrected chi connectivity index (χ3v) is 2.60. The minimum atomic E-state index is -0.787. The number of hydrogen-bond acceptors (Lipinski definition) is 5. The van der Waals surface area contributed by atoms with Gasteiger partial charge in [0.25, 0.3) is 5.91 Å². The second-order valence-electron chi connectivity index (χ2n) is 3.92. The van der Waals surface area contributed by atoms with Gasteiger partial charge in [-0.25, -0.2) is 14.3 Å². The summed E-state index contributed by atoms with van der Waals surface area (Å²) in [5.41, 5.74) is -0.787. The lowest BCUT2D eigenvalue weighted by Crippen LogP contribution is -2.15. The summed E-state index contributed by atoms with van der Waals surface area (Å²) in [6.07, 6.45) is 1.22. The van der Waals surface area contributed by atoms with Crippen molar-refractivity contribution >= 4 is 22.6 Å². The zero-order chi connectivity index (χ0) is 14.1. The van der Waals surface area contributed by atoms with Crippen molar-refractivity contribution in [1.82, 2.24) is 15.2 Å². The topological polar surface area (TPSA) is 101 Å². The second-order valence-corrected chi connectivity index (χ2v) is 3.92. The van der Waals surface area contributed by atoms with Crippen molar-refractivity contribution < 1.29 is 13.6 Å². The van der Waals surface area contributed by atoms with E-state index in [4.69, 9.17) is 4.42 Å². The fraction of sp³-hybridized carbons (Fsp3) is 0. The average molecular weight is 274 g/mol. The van der Waals surface area contributed by atoms with Crippen molar-refractivity contribution in [2.24, 2.45) is 0 Å². The van der Waals surface area contributed by atoms with E-state index >= 15 is 0 Å². The first-order valence-electron chi connectivity index (χ1n) is 5.53. The van der Waals surface area contributed by atoms with Crippen LogP contribution in [-0.2, 0) is 0 Å². The van der Waals surface area contributed by atoms with Crippen molar-refractivity contribution in [2.45, 2.75) is 0 Å². The number of aromatic nitrogens is 3. The monoisotopic (exact) mass is 274 g/mol. The van der Waals surface area contributed by atoms with Crippen LogP contribution >= 0.6 is 0 Å². The van der Waals surface area contributed by atoms with Crippen molar-refractivity contribution in [2.75, 3.05) is 5.32 Å². The Labute approximate surface area is 110 Å². The van der Waals surface area contributed by atoms with Crippen LogP contribution in [0.3, 0.4) is 0 Å². The van der Waals surface area contributed by atoms with Crippen molar-refractivity contribution in [3.8, 4) is 0 Å². The maximum absolute atomic E-state index is 13.0. The van der Waals surface area contributed by atoms with Gasteiger partial charge in [-0.2, -0.15) is 10.1 Å². The molecule has 0 radical (unpaired) electrons. The number of aromatic amines is 1. The molecular weight excluding hydrogens is 267 g/mol. The molecule has 0 spiro atoms. The molecule has 0 saturated carbocycles. The molecule has 0 aliphatic heterocycles. The minimum Gasteiger partial charge on any atom is -0.417 e. The van der Waals surface area contributed by atoms with Crippen molar-refractivity contribution in [3.05, 3.63) is 52.6 Å². The quantitative estimate of drug-likeness (QED) is 0.733. The van der Waals surface area contributed by atoms with E-state index in [0.717, 1.165) is 6.07 Å². The Morgan fingerprint density at radius 1 is 1.35 bits per heavy atom. The summed E-state index contributed by atoms with van der Waals surface area (Å²) in [7, 11) is 0. The zero-order valence-electron chi connectivity index (χ0n) is 9.88. The highest BCUT2D eigenvalue weighted by Gasteiger charge is 2.13. The number of nitrogens with one attached hydrogen (secondary N) is 2. The highest BCUT2D eigenvalue weighted by Crippen LogP contribution is 2.14. The molecule has 0 atom stereocenters. The average Bonchev–Trinajstić information content (AvgIpc) is 2.92. The van der Waals surface area contributed by atoms with Crippen LogP contribution in [0.25, 0.3) is 10.8 Å². The van der Waals surface area contributed by atoms with E-state index < -0.39 is 17.3 Å². The number of amides is 1. The van der Waals surface area contributed by atoms with E-state index in [-0.39, 0.29) is 17.1 Å². The fourth-order valence-corrected chi connectivity index (χ4v) is 1.70. The summed E-state index contributed by atoms with van der Waals surface area (Å²) in [4.78, 5) is 27.3. The maximum Gasteiger partial charge on any atom is 0.344 e. The molecule has 100 valence electrons. The van der Waals surface area contributed by atoms with E-state index in [9.17, 15) is 14.0 Å². The molecule has 1 amide bonds. The highest BCUT2D eigenvalue weighted by atomic mass is 19.1. The van der Waals surface area contributed by atoms with Crippen LogP contribution < -0.4 is 10.9 Å². The number of hydrogen-bond donors (Lipinski definition) is 2. The summed E-state index contributed by atoms with van der Waals surface area (Å²) in [6, 6.07) is 4.99. The first-order chi connectivity index (χ1) is 9.63. The van der Waals surface area contributed by atoms with Crippen LogP contribution in [0.15, 0.2) is 39.8 Å². The molecule has 2 aromatic heterocycles. The summed E-state index contributed by atoms with van der Waals surface area (Å²) < 4.78 is 17.9. The third-order valence-electron chi connectivity index (χ3n) is 2.60. The molecule has 3 aromatic rings. The summed E-state index contributed by atoms with van der Waals surface area (Å²) in [5.74, 6) is -1.30. The number of nitrogens with zero attached hydrogens (tertiary/aromatic N) is 2. The van der Waals surface area contributed by atoms with Gasteiger partial charge < -0.3 is 4.42 Å². The number of carbonyl (C=O) groups is 1. The molecule has 0 aliphatic carbocycles. The maximum atomic E-state index is 13.0. The van der Waals surface area contributed by atoms with Crippen LogP contribution in [0.1, 0.15) is 10.6 Å². The van der Waals surface area contributed by atoms with Gasteiger partial charge in [-0.05, 0) is 23.6 Å². The van der Waals surface area contributed by atoms with E-state index in [1.54, 1.807) is 0 Å². The smallest absolute Gasteiger partial charge is 0.344 e. The Balaban J connectivity index is 2.02. The van der Waals surface area contributed by atoms with E-state index in [1.165, 1.54) is 24.5 Å². The Hall–Kier alpha value is -3.03. The number of carbonyl (C=O) groups excluding carboxylic acids is 1. The van der Waals surface area contributed by atoms with Gasteiger partial charge in [-0.1, -0.05) is 6.07 Å². The number of anilines is 1. The van der Waals surface area contributed by atoms with Gasteiger partial charge in [0.05, 0.1) is 5.39 Å². The summed E-state index contributed by atoms with van der Waals surface area (Å²) >= 11 is 0. The van der Waals surface area contributed by atoms with Crippen LogP contribution in [-0.4, -0.2) is 21.1 Å². The highest BCUT2D eigenvalue weighted by molar-refractivity contribution is 6.02. The normalized spacial score (nSPS) is 10.7. The first kappa shape index (κ1) is 12.0. The lowest BCUT2D eigenvalue weighted by atomic mass is 10.1. The third kappa shape index (κ3) is 2.14. The Kier molecular flexibility index (Phi) is 2.75. The zero-order valence-corrected chi connectivity index (χ0v) is 9.88. The summed E-state index contributed by atoms with van der Waals surface area (Å²) in [5, 5.41) is 8.84. The molecule has 1 aromatic carbocycles. The van der Waals surface area contributed by atoms with Crippen LogP contribution in [0.2, 0.25) is 0 Å². The second kappa shape index (κ2) is 4.57. The predicted octanol–water partition coefficient (Wildman–Crippen LogP) is 1.30. The SMILES string of the molecule is O=C(Nc1ncn[nH]1)c1cc2ccc(F)cc2c(=O)o1. The Morgan fingerprint density at radius 3 is 2.95 bits per heavy atom. The fourth-order valence-electron chi connectivity index (χ4n) is 1.70. The van der Waals surface area contributed by atoms with Gasteiger partial charge in [-0.15, -0.1) is 0 Å². The molecular formula is C12H7FN4O3. The van der Waals surface area contributed by atoms with Gasteiger partial charge in [0, 0.05) is 0 Å². The molecule has 8 heteroatoms. The molecule has 3 rings (SSSR count). The van der Waals surface area contributed by atoms with Crippen LogP contribution in [0, 0.1) is 5.82 Å². The number of benzene rings is 1. The van der Waals surface area contributed by atoms with Gasteiger partial charge >= 0.3 is 5.63 Å². The minimum absolute atomic E-state index is 0.0706. The Morgan fingerprint density at radius 2 is 2.20 bits per heavy atom. The molecule has 7 nitrogen and oxygen atoms in total. The van der Waals surface area contributed by atoms with Gasteiger partial charge in [0.15, 0.2) is 5.76 Å². The van der Waals surface area contributed by atoms with Crippen molar-refractivity contribution in [1.29, 1.82) is 0 Å². The lowest BCUT2D eigenvalue weighted by molar-refractivity contribution is 0.0992. The van der Waals surface area contributed by atoms with Crippen LogP contribution in [0.5, 0.6) is 0 Å². The van der Waals surface area contributed by atoms with Gasteiger partial charge in [0.1, 0.15) is 12.1 Å². The largest absolute Gasteiger partial charge is 0.417 e. The molecule has 0 aliphatic rings.